The van der Waals surface area contributed by atoms with Crippen molar-refractivity contribution in [3.8, 4) is 0 Å². The van der Waals surface area contributed by atoms with E-state index in [1.54, 1.807) is 14.0 Å². The highest BCUT2D eigenvalue weighted by Crippen LogP contribution is 2.35. The summed E-state index contributed by atoms with van der Waals surface area (Å²) in [7, 11) is 1.68. The minimum Gasteiger partial charge on any atom is -0.394 e. The number of ether oxygens (including phenoxy) is 4. The monoisotopic (exact) mass is 496 g/mol. The van der Waals surface area contributed by atoms with Crippen molar-refractivity contribution in [2.75, 3.05) is 13.7 Å². The second-order valence-corrected chi connectivity index (χ2v) is 9.51. The smallest absolute Gasteiger partial charge is 0.186 e. The molecule has 1 saturated carbocycles. The van der Waals surface area contributed by atoms with Gasteiger partial charge in [0.05, 0.1) is 24.9 Å². The first-order valence-electron chi connectivity index (χ1n) is 11.8. The zero-order chi connectivity index (χ0) is 25.3. The van der Waals surface area contributed by atoms with E-state index in [2.05, 4.69) is 5.32 Å². The molecule has 0 aromatic rings. The molecular weight excluding hydrogens is 456 g/mol. The molecule has 0 aromatic carbocycles. The minimum atomic E-state index is -1.54. The number of nitrogens with two attached hydrogens (primary N) is 1. The average Bonchev–Trinajstić information content (AvgIpc) is 2.82. The van der Waals surface area contributed by atoms with Crippen molar-refractivity contribution < 1.29 is 54.7 Å². The van der Waals surface area contributed by atoms with Crippen molar-refractivity contribution in [2.24, 2.45) is 11.7 Å². The van der Waals surface area contributed by atoms with Crippen LogP contribution < -0.4 is 11.1 Å². The van der Waals surface area contributed by atoms with Gasteiger partial charge in [-0.2, -0.15) is 0 Å². The lowest BCUT2D eigenvalue weighted by molar-refractivity contribution is -0.337. The third-order valence-electron chi connectivity index (χ3n) is 7.22. The number of aliphatic hydroxyl groups excluding tert-OH is 7. The van der Waals surface area contributed by atoms with E-state index in [0.717, 1.165) is 0 Å². The zero-order valence-electron chi connectivity index (χ0n) is 19.6. The van der Waals surface area contributed by atoms with Crippen molar-refractivity contribution in [3.05, 3.63) is 0 Å². The van der Waals surface area contributed by atoms with E-state index in [9.17, 15) is 35.7 Å². The van der Waals surface area contributed by atoms with Gasteiger partial charge in [0, 0.05) is 6.04 Å². The predicted octanol–water partition coefficient (Wildman–Crippen LogP) is -4.27. The van der Waals surface area contributed by atoms with Crippen molar-refractivity contribution in [1.29, 1.82) is 0 Å². The number of likely N-dealkylation sites (N-methyl/N-ethyl adjacent to an activating group) is 1. The first-order valence-corrected chi connectivity index (χ1v) is 11.8. The van der Waals surface area contributed by atoms with Crippen LogP contribution >= 0.6 is 0 Å². The van der Waals surface area contributed by atoms with Crippen LogP contribution in [0.4, 0.5) is 0 Å². The highest BCUT2D eigenvalue weighted by molar-refractivity contribution is 4.99. The largest absolute Gasteiger partial charge is 0.394 e. The number of rotatable bonds is 7. The standard InChI is InChI=1S/C21H40N2O11/c1-4-9-13(26)15(28)16(29)21(31-9)33-18-7(2)5-8(23-3)19(17(18)30)34-20-14(27)11(22)12(25)10(6-24)32-20/h7-21,23-30H,4-6,22H2,1-3H3/t7-,8+,9+,10+,11-,12+,13+,14+,15-,16+,17-,18?,19-,20+,21+/m0/s1. The molecule has 0 radical (unpaired) electrons. The van der Waals surface area contributed by atoms with Gasteiger partial charge in [-0.05, 0) is 25.8 Å². The summed E-state index contributed by atoms with van der Waals surface area (Å²) in [6.07, 6.45) is -13.8. The van der Waals surface area contributed by atoms with Gasteiger partial charge >= 0.3 is 0 Å². The van der Waals surface area contributed by atoms with Crippen LogP contribution in [0.15, 0.2) is 0 Å². The summed E-state index contributed by atoms with van der Waals surface area (Å²) in [5, 5.41) is 74.9. The Balaban J connectivity index is 1.76. The van der Waals surface area contributed by atoms with Crippen LogP contribution in [0.3, 0.4) is 0 Å². The van der Waals surface area contributed by atoms with Gasteiger partial charge in [-0.3, -0.25) is 0 Å². The van der Waals surface area contributed by atoms with Crippen molar-refractivity contribution >= 4 is 0 Å². The third-order valence-corrected chi connectivity index (χ3v) is 7.22. The Hall–Kier alpha value is -0.520. The first kappa shape index (κ1) is 28.1. The third kappa shape index (κ3) is 5.42. The van der Waals surface area contributed by atoms with Gasteiger partial charge in [0.2, 0.25) is 0 Å². The number of nitrogens with one attached hydrogen (secondary N) is 1. The zero-order valence-corrected chi connectivity index (χ0v) is 19.6. The SMILES string of the molecule is CC[C@H]1O[C@H](OC2[C@@H](C)C[C@@H](NC)[C@H](O[C@H]3O[C@H](CO)[C@@H](O)[C@H](N)[C@H]3O)[C@H]2O)[C@H](O)[C@@H](O)[C@@H]1O. The quantitative estimate of drug-likeness (QED) is 0.163. The van der Waals surface area contributed by atoms with Gasteiger partial charge in [0.15, 0.2) is 12.6 Å². The molecule has 1 unspecified atom stereocenters. The predicted molar refractivity (Wildman–Crippen MR) is 115 cm³/mol. The van der Waals surface area contributed by atoms with Crippen LogP contribution in [0.25, 0.3) is 0 Å². The molecule has 200 valence electrons. The molecule has 3 fully saturated rings. The normalized spacial score (nSPS) is 52.5. The van der Waals surface area contributed by atoms with Gasteiger partial charge in [-0.15, -0.1) is 0 Å². The van der Waals surface area contributed by atoms with E-state index in [-0.39, 0.29) is 12.0 Å². The lowest BCUT2D eigenvalue weighted by Crippen LogP contribution is -2.66. The second-order valence-electron chi connectivity index (χ2n) is 9.51. The molecule has 0 bridgehead atoms. The Kier molecular flexibility index (Phi) is 9.64. The van der Waals surface area contributed by atoms with Crippen LogP contribution in [0.1, 0.15) is 26.7 Å². The number of hydrogen-bond donors (Lipinski definition) is 9. The Labute approximate surface area is 198 Å². The van der Waals surface area contributed by atoms with Crippen LogP contribution in [0.5, 0.6) is 0 Å². The Bertz CT molecular complexity index is 644. The average molecular weight is 497 g/mol. The molecule has 13 nitrogen and oxygen atoms in total. The second kappa shape index (κ2) is 11.7. The lowest BCUT2D eigenvalue weighted by Gasteiger charge is -2.49. The Morgan fingerprint density at radius 1 is 0.824 bits per heavy atom. The van der Waals surface area contributed by atoms with Gasteiger partial charge in [-0.1, -0.05) is 13.8 Å². The fourth-order valence-corrected chi connectivity index (χ4v) is 5.01. The van der Waals surface area contributed by atoms with E-state index in [1.807, 2.05) is 6.92 Å². The molecule has 2 heterocycles. The fourth-order valence-electron chi connectivity index (χ4n) is 5.01. The summed E-state index contributed by atoms with van der Waals surface area (Å²) in [6.45, 7) is 3.05. The number of hydrogen-bond acceptors (Lipinski definition) is 13. The summed E-state index contributed by atoms with van der Waals surface area (Å²) in [5.74, 6) is -0.237. The molecule has 2 saturated heterocycles. The highest BCUT2D eigenvalue weighted by atomic mass is 16.7. The Morgan fingerprint density at radius 3 is 2.00 bits per heavy atom. The first-order chi connectivity index (χ1) is 16.0. The van der Waals surface area contributed by atoms with E-state index >= 15 is 0 Å². The van der Waals surface area contributed by atoms with Gasteiger partial charge in [-0.25, -0.2) is 0 Å². The van der Waals surface area contributed by atoms with Crippen molar-refractivity contribution in [3.63, 3.8) is 0 Å². The molecule has 13 heteroatoms. The summed E-state index contributed by atoms with van der Waals surface area (Å²) in [5.41, 5.74) is 5.86. The molecule has 0 aromatic heterocycles. The summed E-state index contributed by atoms with van der Waals surface area (Å²) < 4.78 is 23.0. The molecule has 3 aliphatic rings. The maximum Gasteiger partial charge on any atom is 0.186 e. The van der Waals surface area contributed by atoms with E-state index < -0.39 is 86.3 Å². The summed E-state index contributed by atoms with van der Waals surface area (Å²) in [4.78, 5) is 0. The molecule has 15 atom stereocenters. The number of aliphatic hydroxyl groups is 7. The molecule has 0 spiro atoms. The van der Waals surface area contributed by atoms with Crippen LogP contribution in [-0.4, -0.2) is 135 Å². The Morgan fingerprint density at radius 2 is 1.41 bits per heavy atom. The molecule has 34 heavy (non-hydrogen) atoms. The summed E-state index contributed by atoms with van der Waals surface area (Å²) in [6, 6.07) is -1.52. The molecule has 0 amide bonds. The molecule has 2 aliphatic heterocycles. The minimum absolute atomic E-state index is 0.237. The van der Waals surface area contributed by atoms with Crippen molar-refractivity contribution in [1.82, 2.24) is 5.32 Å². The van der Waals surface area contributed by atoms with Crippen LogP contribution in [0, 0.1) is 5.92 Å². The van der Waals surface area contributed by atoms with Gasteiger partial charge < -0.3 is 65.7 Å². The topological polar surface area (TPSA) is 217 Å². The molecule has 1 aliphatic carbocycles. The van der Waals surface area contributed by atoms with E-state index in [4.69, 9.17) is 24.7 Å². The molecular formula is C21H40N2O11. The van der Waals surface area contributed by atoms with Crippen molar-refractivity contribution in [2.45, 2.75) is 112 Å². The molecule has 3 rings (SSSR count). The summed E-state index contributed by atoms with van der Waals surface area (Å²) >= 11 is 0. The van der Waals surface area contributed by atoms with E-state index in [0.29, 0.717) is 12.8 Å². The van der Waals surface area contributed by atoms with Crippen LogP contribution in [-0.2, 0) is 18.9 Å². The molecule has 10 N–H and O–H groups in total. The van der Waals surface area contributed by atoms with Gasteiger partial charge in [0.1, 0.15) is 48.8 Å². The maximum absolute atomic E-state index is 11.2. The highest BCUT2D eigenvalue weighted by Gasteiger charge is 2.51. The van der Waals surface area contributed by atoms with Gasteiger partial charge in [0.25, 0.3) is 0 Å². The van der Waals surface area contributed by atoms with E-state index in [1.165, 1.54) is 0 Å². The fraction of sp³-hybridized carbons (Fsp3) is 1.00. The lowest BCUT2D eigenvalue weighted by atomic mass is 9.80. The van der Waals surface area contributed by atoms with Crippen LogP contribution in [0.2, 0.25) is 0 Å². The maximum atomic E-state index is 11.2.